The average molecular weight is 483 g/mol. The third kappa shape index (κ3) is 3.99. The van der Waals surface area contributed by atoms with E-state index in [1.165, 1.54) is 49.8 Å². The van der Waals surface area contributed by atoms with Crippen molar-refractivity contribution in [1.29, 1.82) is 0 Å². The lowest BCUT2D eigenvalue weighted by atomic mass is 9.52. The van der Waals surface area contributed by atoms with Crippen LogP contribution in [-0.2, 0) is 21.4 Å². The van der Waals surface area contributed by atoms with Crippen molar-refractivity contribution in [3.63, 3.8) is 0 Å². The van der Waals surface area contributed by atoms with Crippen molar-refractivity contribution in [3.05, 3.63) is 29.3 Å². The maximum absolute atomic E-state index is 12.6. The van der Waals surface area contributed by atoms with Crippen molar-refractivity contribution >= 4 is 23.6 Å². The van der Waals surface area contributed by atoms with Gasteiger partial charge in [0.2, 0.25) is 5.91 Å². The number of carbonyl (C=O) groups excluding carboxylic acids is 2. The van der Waals surface area contributed by atoms with Crippen molar-refractivity contribution < 1.29 is 14.3 Å². The molecule has 2 bridgehead atoms. The summed E-state index contributed by atoms with van der Waals surface area (Å²) in [5, 5.41) is 3.66. The number of esters is 1. The van der Waals surface area contributed by atoms with E-state index in [9.17, 15) is 9.59 Å². The van der Waals surface area contributed by atoms with Crippen LogP contribution in [0.15, 0.2) is 18.2 Å². The molecule has 34 heavy (non-hydrogen) atoms. The maximum atomic E-state index is 12.6. The highest BCUT2D eigenvalue weighted by Gasteiger charge is 2.53. The Labute approximate surface area is 207 Å². The SMILES string of the molecule is CN1CC[C@]23CCCC[C@H]2[C@H]1Cc1ccc(OC(=O)CCCCC2SCC4CC(=O)NC42)cc13. The molecule has 1 N–H and O–H groups in total. The minimum absolute atomic E-state index is 0.110. The number of nitrogens with one attached hydrogen (secondary N) is 1. The number of hydrogen-bond acceptors (Lipinski definition) is 5. The summed E-state index contributed by atoms with van der Waals surface area (Å²) in [6.45, 7) is 1.18. The zero-order valence-electron chi connectivity index (χ0n) is 20.4. The molecule has 6 atom stereocenters. The van der Waals surface area contributed by atoms with Crippen molar-refractivity contribution in [1.82, 2.24) is 10.2 Å². The molecule has 3 unspecified atom stereocenters. The number of thioether (sulfide) groups is 1. The third-order valence-electron chi connectivity index (χ3n) is 9.65. The van der Waals surface area contributed by atoms with Crippen molar-refractivity contribution in [2.24, 2.45) is 11.8 Å². The van der Waals surface area contributed by atoms with Gasteiger partial charge in [0.05, 0.1) is 0 Å². The first-order valence-corrected chi connectivity index (χ1v) is 14.5. The Kier molecular flexibility index (Phi) is 6.17. The minimum atomic E-state index is -0.110. The topological polar surface area (TPSA) is 58.6 Å². The van der Waals surface area contributed by atoms with Gasteiger partial charge in [-0.05, 0) is 93.0 Å². The van der Waals surface area contributed by atoms with E-state index in [1.807, 2.05) is 17.8 Å². The van der Waals surface area contributed by atoms with Crippen molar-refractivity contribution in [3.8, 4) is 5.75 Å². The molecule has 184 valence electrons. The molecule has 4 fully saturated rings. The molecular formula is C28H38N2O3S. The Morgan fingerprint density at radius 2 is 2.15 bits per heavy atom. The predicted molar refractivity (Wildman–Crippen MR) is 135 cm³/mol. The lowest BCUT2D eigenvalue weighted by molar-refractivity contribution is -0.134. The monoisotopic (exact) mass is 482 g/mol. The van der Waals surface area contributed by atoms with Gasteiger partial charge in [-0.3, -0.25) is 9.59 Å². The molecule has 5 nitrogen and oxygen atoms in total. The summed E-state index contributed by atoms with van der Waals surface area (Å²) >= 11 is 1.99. The number of carbonyl (C=O) groups is 2. The number of nitrogens with zero attached hydrogens (tertiary/aromatic N) is 1. The average Bonchev–Trinajstić information content (AvgIpc) is 3.38. The van der Waals surface area contributed by atoms with Crippen LogP contribution >= 0.6 is 11.8 Å². The third-order valence-corrected chi connectivity index (χ3v) is 11.2. The van der Waals surface area contributed by atoms with Gasteiger partial charge in [0.15, 0.2) is 0 Å². The molecule has 1 aromatic rings. The van der Waals surface area contributed by atoms with Gasteiger partial charge < -0.3 is 15.0 Å². The molecule has 2 aliphatic carbocycles. The molecule has 1 aromatic carbocycles. The highest BCUT2D eigenvalue weighted by molar-refractivity contribution is 8.00. The summed E-state index contributed by atoms with van der Waals surface area (Å²) in [6, 6.07) is 7.50. The van der Waals surface area contributed by atoms with Gasteiger partial charge in [-0.1, -0.05) is 25.3 Å². The zero-order valence-corrected chi connectivity index (χ0v) is 21.2. The van der Waals surface area contributed by atoms with Crippen LogP contribution in [0.1, 0.15) is 75.3 Å². The van der Waals surface area contributed by atoms with Gasteiger partial charge in [0.1, 0.15) is 5.75 Å². The summed E-state index contributed by atoms with van der Waals surface area (Å²) in [5.41, 5.74) is 3.25. The van der Waals surface area contributed by atoms with E-state index in [4.69, 9.17) is 4.74 Å². The van der Waals surface area contributed by atoms with Gasteiger partial charge >= 0.3 is 5.97 Å². The van der Waals surface area contributed by atoms with E-state index in [2.05, 4.69) is 29.4 Å². The van der Waals surface area contributed by atoms with E-state index in [1.54, 1.807) is 0 Å². The number of amides is 1. The van der Waals surface area contributed by atoms with E-state index in [-0.39, 0.29) is 17.3 Å². The van der Waals surface area contributed by atoms with Crippen LogP contribution in [0.25, 0.3) is 0 Å². The first kappa shape index (κ1) is 22.9. The summed E-state index contributed by atoms with van der Waals surface area (Å²) < 4.78 is 5.86. The Bertz CT molecular complexity index is 967. The van der Waals surface area contributed by atoms with Gasteiger partial charge in [-0.15, -0.1) is 0 Å². The fourth-order valence-electron chi connectivity index (χ4n) is 7.94. The molecule has 6 heteroatoms. The first-order valence-electron chi connectivity index (χ1n) is 13.5. The summed E-state index contributed by atoms with van der Waals surface area (Å²) in [7, 11) is 2.30. The molecule has 3 heterocycles. The molecule has 0 spiro atoms. The van der Waals surface area contributed by atoms with E-state index >= 15 is 0 Å². The second-order valence-electron chi connectivity index (χ2n) is 11.5. The van der Waals surface area contributed by atoms with E-state index < -0.39 is 0 Å². The summed E-state index contributed by atoms with van der Waals surface area (Å²) in [5.74, 6) is 3.19. The maximum Gasteiger partial charge on any atom is 0.311 e. The molecule has 6 rings (SSSR count). The van der Waals surface area contributed by atoms with Gasteiger partial charge in [0, 0.05) is 35.6 Å². The summed E-state index contributed by atoms with van der Waals surface area (Å²) in [4.78, 5) is 26.9. The molecule has 3 saturated heterocycles. The molecule has 1 saturated carbocycles. The molecule has 0 radical (unpaired) electrons. The number of fused-ring (bicyclic) bond motifs is 2. The molecule has 5 aliphatic rings. The number of likely N-dealkylation sites (N-methyl/N-ethyl adjacent to an activating group) is 1. The van der Waals surface area contributed by atoms with Gasteiger partial charge in [-0.2, -0.15) is 11.8 Å². The van der Waals surface area contributed by atoms with Crippen LogP contribution in [0.2, 0.25) is 0 Å². The predicted octanol–water partition coefficient (Wildman–Crippen LogP) is 4.46. The highest BCUT2D eigenvalue weighted by Crippen LogP contribution is 2.56. The van der Waals surface area contributed by atoms with Crippen LogP contribution in [0, 0.1) is 11.8 Å². The lowest BCUT2D eigenvalue weighted by Gasteiger charge is -2.58. The number of benzene rings is 1. The Balaban J connectivity index is 1.06. The fourth-order valence-corrected chi connectivity index (χ4v) is 9.59. The quantitative estimate of drug-likeness (QED) is 0.369. The number of unbranched alkanes of at least 4 members (excludes halogenated alkanes) is 1. The van der Waals surface area contributed by atoms with Crippen LogP contribution in [0.3, 0.4) is 0 Å². The summed E-state index contributed by atoms with van der Waals surface area (Å²) in [6.07, 6.45) is 11.8. The Hall–Kier alpha value is -1.53. The number of likely N-dealkylation sites (tertiary alicyclic amines) is 1. The Morgan fingerprint density at radius 3 is 3.06 bits per heavy atom. The molecule has 3 aliphatic heterocycles. The van der Waals surface area contributed by atoms with Crippen LogP contribution in [-0.4, -0.2) is 53.5 Å². The standard InChI is InChI=1S/C28H38N2O3S/c1-30-13-12-28-11-5-4-6-21(28)23(30)14-18-9-10-20(16-22(18)28)33-26(32)8-3-2-7-24-27-19(17-34-24)15-25(31)29-27/h9-10,16,19,21,23-24,27H,2-8,11-15,17H2,1H3,(H,29,31)/t19?,21-,23+,24?,27?,28+/m0/s1. The molecule has 0 aromatic heterocycles. The second kappa shape index (κ2) is 9.16. The minimum Gasteiger partial charge on any atom is -0.427 e. The smallest absolute Gasteiger partial charge is 0.311 e. The molecular weight excluding hydrogens is 444 g/mol. The lowest BCUT2D eigenvalue weighted by Crippen LogP contribution is -2.59. The highest BCUT2D eigenvalue weighted by atomic mass is 32.2. The zero-order chi connectivity index (χ0) is 23.3. The van der Waals surface area contributed by atoms with Crippen molar-refractivity contribution in [2.75, 3.05) is 19.3 Å². The number of piperidine rings is 1. The van der Waals surface area contributed by atoms with Gasteiger partial charge in [0.25, 0.3) is 0 Å². The molecule has 1 amide bonds. The number of hydrogen-bond donors (Lipinski definition) is 1. The van der Waals surface area contributed by atoms with Crippen LogP contribution in [0.5, 0.6) is 5.75 Å². The van der Waals surface area contributed by atoms with E-state index in [0.29, 0.717) is 36.1 Å². The van der Waals surface area contributed by atoms with Crippen molar-refractivity contribution in [2.45, 2.75) is 93.4 Å². The number of ether oxygens (including phenoxy) is 1. The largest absolute Gasteiger partial charge is 0.427 e. The normalized spacial score (nSPS) is 36.4. The number of rotatable bonds is 6. The van der Waals surface area contributed by atoms with E-state index in [0.717, 1.165) is 43.1 Å². The Morgan fingerprint density at radius 1 is 1.24 bits per heavy atom. The van der Waals surface area contributed by atoms with Gasteiger partial charge in [-0.25, -0.2) is 0 Å². The van der Waals surface area contributed by atoms with Crippen LogP contribution in [0.4, 0.5) is 0 Å². The first-order chi connectivity index (χ1) is 16.5. The fraction of sp³-hybridized carbons (Fsp3) is 0.714. The van der Waals surface area contributed by atoms with Crippen LogP contribution < -0.4 is 10.1 Å². The second-order valence-corrected chi connectivity index (χ2v) is 12.8.